The van der Waals surface area contributed by atoms with Crippen molar-refractivity contribution in [2.75, 3.05) is 13.2 Å². The summed E-state index contributed by atoms with van der Waals surface area (Å²) < 4.78 is 53.4. The number of rotatable bonds is 5. The Bertz CT molecular complexity index is 1050. The van der Waals surface area contributed by atoms with Gasteiger partial charge in [0.1, 0.15) is 5.82 Å². The summed E-state index contributed by atoms with van der Waals surface area (Å²) in [6.45, 7) is 1.000. The summed E-state index contributed by atoms with van der Waals surface area (Å²) in [5.74, 6) is 0.569. The fraction of sp³-hybridized carbons (Fsp3) is 0.200. The quantitative estimate of drug-likeness (QED) is 0.676. The van der Waals surface area contributed by atoms with Gasteiger partial charge >= 0.3 is 0 Å². The number of nitrogens with one attached hydrogen (secondary N) is 1. The highest BCUT2D eigenvalue weighted by Gasteiger charge is 2.25. The second kappa shape index (κ2) is 7.90. The Morgan fingerprint density at radius 2 is 1.75 bits per heavy atom. The van der Waals surface area contributed by atoms with Crippen molar-refractivity contribution in [3.05, 3.63) is 76.2 Å². The molecule has 0 fully saturated rings. The maximum absolute atomic E-state index is 13.3. The van der Waals surface area contributed by atoms with Crippen LogP contribution in [0.5, 0.6) is 11.5 Å². The smallest absolute Gasteiger partial charge is 0.241 e. The highest BCUT2D eigenvalue weighted by molar-refractivity contribution is 7.89. The van der Waals surface area contributed by atoms with E-state index in [0.29, 0.717) is 30.3 Å². The maximum atomic E-state index is 13.3. The van der Waals surface area contributed by atoms with Crippen LogP contribution in [0.2, 0.25) is 0 Å². The van der Waals surface area contributed by atoms with Gasteiger partial charge in [-0.15, -0.1) is 11.3 Å². The Hall–Kier alpha value is -2.42. The van der Waals surface area contributed by atoms with Gasteiger partial charge in [0, 0.05) is 17.4 Å². The van der Waals surface area contributed by atoms with E-state index < -0.39 is 16.1 Å². The number of ether oxygens (including phenoxy) is 2. The van der Waals surface area contributed by atoms with Crippen LogP contribution in [0.25, 0.3) is 0 Å². The molecule has 0 bridgehead atoms. The molecule has 0 saturated carbocycles. The minimum absolute atomic E-state index is 0.0837. The number of hydrogen-bond donors (Lipinski definition) is 1. The average molecular weight is 419 g/mol. The summed E-state index contributed by atoms with van der Waals surface area (Å²) in [5.41, 5.74) is 0.654. The van der Waals surface area contributed by atoms with Gasteiger partial charge in [0.05, 0.1) is 24.2 Å². The average Bonchev–Trinajstić information content (AvgIpc) is 3.11. The molecule has 0 unspecified atom stereocenters. The molecule has 0 spiro atoms. The molecule has 2 heterocycles. The Morgan fingerprint density at radius 3 is 2.46 bits per heavy atom. The molecular formula is C20H18FNO4S2. The van der Waals surface area contributed by atoms with E-state index >= 15 is 0 Å². The van der Waals surface area contributed by atoms with Gasteiger partial charge in [-0.1, -0.05) is 18.2 Å². The summed E-state index contributed by atoms with van der Waals surface area (Å²) in [6, 6.07) is 13.4. The first-order valence-electron chi connectivity index (χ1n) is 8.74. The van der Waals surface area contributed by atoms with Crippen molar-refractivity contribution < 1.29 is 22.3 Å². The lowest BCUT2D eigenvalue weighted by Gasteiger charge is -2.19. The summed E-state index contributed by atoms with van der Waals surface area (Å²) in [5, 5.41) is 1.87. The van der Waals surface area contributed by atoms with Crippen LogP contribution in [0.3, 0.4) is 0 Å². The lowest BCUT2D eigenvalue weighted by molar-refractivity contribution is 0.297. The highest BCUT2D eigenvalue weighted by Crippen LogP contribution is 2.33. The lowest BCUT2D eigenvalue weighted by atomic mass is 10.1. The van der Waals surface area contributed by atoms with Crippen LogP contribution in [0.4, 0.5) is 4.39 Å². The van der Waals surface area contributed by atoms with Gasteiger partial charge in [-0.25, -0.2) is 12.8 Å². The first-order chi connectivity index (χ1) is 13.5. The molecule has 1 aliphatic heterocycles. The van der Waals surface area contributed by atoms with Crippen molar-refractivity contribution in [1.29, 1.82) is 0 Å². The van der Waals surface area contributed by atoms with Crippen molar-refractivity contribution >= 4 is 21.4 Å². The summed E-state index contributed by atoms with van der Waals surface area (Å²) in [4.78, 5) is 0.893. The number of halogens is 1. The van der Waals surface area contributed by atoms with Crippen LogP contribution in [0.1, 0.15) is 22.9 Å². The van der Waals surface area contributed by atoms with Crippen molar-refractivity contribution in [1.82, 2.24) is 4.72 Å². The molecule has 3 aromatic rings. The van der Waals surface area contributed by atoms with Crippen LogP contribution in [-0.4, -0.2) is 21.6 Å². The van der Waals surface area contributed by atoms with Crippen LogP contribution in [0.15, 0.2) is 64.9 Å². The van der Waals surface area contributed by atoms with Gasteiger partial charge in [-0.3, -0.25) is 0 Å². The third kappa shape index (κ3) is 4.04. The maximum Gasteiger partial charge on any atom is 0.241 e. The van der Waals surface area contributed by atoms with Crippen molar-refractivity contribution in [2.45, 2.75) is 17.4 Å². The molecule has 1 aliphatic rings. The second-order valence-corrected chi connectivity index (χ2v) is 8.97. The topological polar surface area (TPSA) is 64.6 Å². The Morgan fingerprint density at radius 1 is 1.00 bits per heavy atom. The molecule has 4 rings (SSSR count). The van der Waals surface area contributed by atoms with E-state index in [1.165, 1.54) is 35.6 Å². The zero-order chi connectivity index (χ0) is 19.6. The number of thiophene rings is 1. The van der Waals surface area contributed by atoms with Gasteiger partial charge in [0.2, 0.25) is 10.0 Å². The zero-order valence-corrected chi connectivity index (χ0v) is 16.4. The molecule has 0 amide bonds. The number of sulfonamides is 1. The fourth-order valence-corrected chi connectivity index (χ4v) is 5.03. The van der Waals surface area contributed by atoms with Crippen molar-refractivity contribution in [2.24, 2.45) is 0 Å². The normalized spacial score (nSPS) is 15.0. The molecule has 5 nitrogen and oxygen atoms in total. The molecule has 1 aromatic heterocycles. The molecule has 2 aromatic carbocycles. The minimum atomic E-state index is -3.86. The predicted octanol–water partition coefficient (Wildman–Crippen LogP) is 4.12. The largest absolute Gasteiger partial charge is 0.490 e. The first kappa shape index (κ1) is 18.9. The molecule has 28 heavy (non-hydrogen) atoms. The van der Waals surface area contributed by atoms with Crippen LogP contribution < -0.4 is 14.2 Å². The van der Waals surface area contributed by atoms with Crippen LogP contribution >= 0.6 is 11.3 Å². The number of benzene rings is 2. The van der Waals surface area contributed by atoms with Crippen molar-refractivity contribution in [3.63, 3.8) is 0 Å². The Labute approximate surface area is 166 Å². The SMILES string of the molecule is O=S(=O)(N[C@@H](c1ccc(F)cc1)c1cccs1)c1ccc2c(c1)OCCCO2. The van der Waals surface area contributed by atoms with Gasteiger partial charge in [-0.05, 0) is 41.3 Å². The second-order valence-electron chi connectivity index (χ2n) is 6.28. The lowest BCUT2D eigenvalue weighted by Crippen LogP contribution is -2.29. The van der Waals surface area contributed by atoms with Crippen LogP contribution in [-0.2, 0) is 10.0 Å². The summed E-state index contributed by atoms with van der Waals surface area (Å²) in [7, 11) is -3.86. The van der Waals surface area contributed by atoms with Gasteiger partial charge in [-0.2, -0.15) is 4.72 Å². The van der Waals surface area contributed by atoms with E-state index in [-0.39, 0.29) is 10.7 Å². The number of fused-ring (bicyclic) bond motifs is 1. The summed E-state index contributed by atoms with van der Waals surface area (Å²) in [6.07, 6.45) is 0.736. The molecule has 1 atom stereocenters. The van der Waals surface area contributed by atoms with Crippen molar-refractivity contribution in [3.8, 4) is 11.5 Å². The molecular weight excluding hydrogens is 401 g/mol. The van der Waals surface area contributed by atoms with E-state index in [9.17, 15) is 12.8 Å². The van der Waals surface area contributed by atoms with E-state index in [2.05, 4.69) is 4.72 Å². The van der Waals surface area contributed by atoms with Crippen LogP contribution in [0, 0.1) is 5.82 Å². The standard InChI is InChI=1S/C20H18FNO4S2/c21-15-6-4-14(5-7-15)20(19-3-1-12-27-19)22-28(23,24)16-8-9-17-18(13-16)26-11-2-10-25-17/h1,3-9,12-13,20,22H,2,10-11H2/t20-/m0/s1. The van der Waals surface area contributed by atoms with E-state index in [4.69, 9.17) is 9.47 Å². The molecule has 8 heteroatoms. The summed E-state index contributed by atoms with van der Waals surface area (Å²) >= 11 is 1.43. The molecule has 0 aliphatic carbocycles. The number of hydrogen-bond acceptors (Lipinski definition) is 5. The van der Waals surface area contributed by atoms with E-state index in [1.54, 1.807) is 18.2 Å². The Kier molecular flexibility index (Phi) is 5.34. The molecule has 146 valence electrons. The highest BCUT2D eigenvalue weighted by atomic mass is 32.2. The fourth-order valence-electron chi connectivity index (χ4n) is 2.94. The zero-order valence-electron chi connectivity index (χ0n) is 14.8. The third-order valence-corrected chi connectivity index (χ3v) is 6.69. The van der Waals surface area contributed by atoms with Gasteiger partial charge in [0.25, 0.3) is 0 Å². The Balaban J connectivity index is 1.68. The molecule has 1 N–H and O–H groups in total. The predicted molar refractivity (Wildman–Crippen MR) is 105 cm³/mol. The third-order valence-electron chi connectivity index (χ3n) is 4.33. The molecule has 0 radical (unpaired) electrons. The first-order valence-corrected chi connectivity index (χ1v) is 11.1. The monoisotopic (exact) mass is 419 g/mol. The minimum Gasteiger partial charge on any atom is -0.490 e. The van der Waals surface area contributed by atoms with Gasteiger partial charge < -0.3 is 9.47 Å². The molecule has 0 saturated heterocycles. The van der Waals surface area contributed by atoms with Gasteiger partial charge in [0.15, 0.2) is 11.5 Å². The van der Waals surface area contributed by atoms with E-state index in [1.807, 2.05) is 17.5 Å². The van der Waals surface area contributed by atoms with E-state index in [0.717, 1.165) is 11.3 Å².